The predicted molar refractivity (Wildman–Crippen MR) is 124 cm³/mol. The van der Waals surface area contributed by atoms with E-state index in [2.05, 4.69) is 111 Å². The topological polar surface area (TPSA) is 24.1 Å². The highest BCUT2D eigenvalue weighted by molar-refractivity contribution is 6.13. The fourth-order valence-corrected chi connectivity index (χ4v) is 3.94. The van der Waals surface area contributed by atoms with Crippen LogP contribution in [0.2, 0.25) is 0 Å². The van der Waals surface area contributed by atoms with E-state index in [1.165, 1.54) is 44.0 Å². The third kappa shape index (κ3) is 3.43. The molecule has 2 N–H and O–H groups in total. The molecule has 0 radical (unpaired) electrons. The van der Waals surface area contributed by atoms with Crippen LogP contribution in [0.15, 0.2) is 72.8 Å². The zero-order valence-electron chi connectivity index (χ0n) is 17.1. The van der Waals surface area contributed by atoms with Gasteiger partial charge in [0.15, 0.2) is 0 Å². The Morgan fingerprint density at radius 2 is 0.893 bits per heavy atom. The zero-order valence-corrected chi connectivity index (χ0v) is 17.1. The molecule has 4 aromatic carbocycles. The monoisotopic (exact) mass is 368 g/mol. The molecule has 28 heavy (non-hydrogen) atoms. The van der Waals surface area contributed by atoms with Gasteiger partial charge in [-0.3, -0.25) is 0 Å². The van der Waals surface area contributed by atoms with Gasteiger partial charge in [0.05, 0.1) is 0 Å². The van der Waals surface area contributed by atoms with Crippen molar-refractivity contribution in [1.82, 2.24) is 0 Å². The van der Waals surface area contributed by atoms with Gasteiger partial charge in [-0.2, -0.15) is 0 Å². The van der Waals surface area contributed by atoms with Crippen LogP contribution in [0.4, 0.5) is 11.4 Å². The van der Waals surface area contributed by atoms with Crippen molar-refractivity contribution >= 4 is 32.9 Å². The fourth-order valence-electron chi connectivity index (χ4n) is 3.94. The number of hydrogen-bond donors (Lipinski definition) is 2. The Labute approximate surface area is 167 Å². The Kier molecular flexibility index (Phi) is 4.95. The summed E-state index contributed by atoms with van der Waals surface area (Å²) in [4.78, 5) is 0. The molecule has 2 nitrogen and oxygen atoms in total. The van der Waals surface area contributed by atoms with Gasteiger partial charge in [-0.25, -0.2) is 0 Å². The Morgan fingerprint density at radius 1 is 0.500 bits per heavy atom. The molecule has 0 aliphatic rings. The second kappa shape index (κ2) is 7.55. The van der Waals surface area contributed by atoms with Crippen LogP contribution in [0.1, 0.15) is 27.7 Å². The molecule has 0 atom stereocenters. The summed E-state index contributed by atoms with van der Waals surface area (Å²) in [6.07, 6.45) is 0. The molecule has 0 heterocycles. The molecule has 0 amide bonds. The first kappa shape index (κ1) is 18.4. The molecule has 142 valence electrons. The minimum atomic E-state index is 0.358. The van der Waals surface area contributed by atoms with Crippen LogP contribution in [-0.2, 0) is 0 Å². The van der Waals surface area contributed by atoms with E-state index >= 15 is 0 Å². The molecule has 0 spiro atoms. The van der Waals surface area contributed by atoms with Crippen LogP contribution in [0.5, 0.6) is 0 Å². The van der Waals surface area contributed by atoms with Crippen LogP contribution in [-0.4, -0.2) is 12.1 Å². The molecule has 0 fully saturated rings. The lowest BCUT2D eigenvalue weighted by Crippen LogP contribution is -2.13. The SMILES string of the molecule is CC(C)Nc1ccc2ccccc2c1-c1c(NC(C)C)ccc2ccccc12. The molecular formula is C26H28N2. The molecule has 0 bridgehead atoms. The Balaban J connectivity index is 2.13. The van der Waals surface area contributed by atoms with Crippen LogP contribution in [0, 0.1) is 0 Å². The van der Waals surface area contributed by atoms with E-state index in [-0.39, 0.29) is 0 Å². The Morgan fingerprint density at radius 3 is 1.29 bits per heavy atom. The van der Waals surface area contributed by atoms with E-state index in [0.717, 1.165) is 0 Å². The minimum absolute atomic E-state index is 0.358. The molecule has 0 aromatic heterocycles. The molecular weight excluding hydrogens is 340 g/mol. The Bertz CT molecular complexity index is 1030. The molecule has 0 saturated heterocycles. The van der Waals surface area contributed by atoms with Crippen molar-refractivity contribution in [3.05, 3.63) is 72.8 Å². The van der Waals surface area contributed by atoms with Gasteiger partial charge in [0, 0.05) is 34.6 Å². The molecule has 4 rings (SSSR count). The average Bonchev–Trinajstić information content (AvgIpc) is 2.67. The van der Waals surface area contributed by atoms with E-state index in [1.807, 2.05) is 0 Å². The van der Waals surface area contributed by atoms with Crippen LogP contribution >= 0.6 is 0 Å². The summed E-state index contributed by atoms with van der Waals surface area (Å²) in [5, 5.41) is 12.4. The number of benzene rings is 4. The first-order chi connectivity index (χ1) is 13.5. The summed E-state index contributed by atoms with van der Waals surface area (Å²) < 4.78 is 0. The molecule has 2 heteroatoms. The van der Waals surface area contributed by atoms with E-state index in [4.69, 9.17) is 0 Å². The van der Waals surface area contributed by atoms with Crippen molar-refractivity contribution in [3.8, 4) is 11.1 Å². The first-order valence-corrected chi connectivity index (χ1v) is 10.1. The van der Waals surface area contributed by atoms with Crippen molar-refractivity contribution in [1.29, 1.82) is 0 Å². The van der Waals surface area contributed by atoms with Gasteiger partial charge in [-0.05, 0) is 61.4 Å². The smallest absolute Gasteiger partial charge is 0.0429 e. The summed E-state index contributed by atoms with van der Waals surface area (Å²) >= 11 is 0. The van der Waals surface area contributed by atoms with Gasteiger partial charge in [-0.1, -0.05) is 60.7 Å². The van der Waals surface area contributed by atoms with E-state index in [0.29, 0.717) is 12.1 Å². The number of anilines is 2. The number of hydrogen-bond acceptors (Lipinski definition) is 2. The van der Waals surface area contributed by atoms with Gasteiger partial charge < -0.3 is 10.6 Å². The summed E-state index contributed by atoms with van der Waals surface area (Å²) in [7, 11) is 0. The highest BCUT2D eigenvalue weighted by Gasteiger charge is 2.17. The molecule has 0 aliphatic heterocycles. The van der Waals surface area contributed by atoms with Gasteiger partial charge >= 0.3 is 0 Å². The van der Waals surface area contributed by atoms with Crippen LogP contribution in [0.3, 0.4) is 0 Å². The molecule has 0 saturated carbocycles. The maximum Gasteiger partial charge on any atom is 0.0429 e. The lowest BCUT2D eigenvalue weighted by Gasteiger charge is -2.23. The maximum atomic E-state index is 3.68. The normalized spacial score (nSPS) is 11.5. The molecule has 4 aromatic rings. The van der Waals surface area contributed by atoms with Gasteiger partial charge in [0.2, 0.25) is 0 Å². The zero-order chi connectivity index (χ0) is 19.7. The maximum absolute atomic E-state index is 3.68. The third-order valence-electron chi connectivity index (χ3n) is 5.00. The van der Waals surface area contributed by atoms with Crippen molar-refractivity contribution in [3.63, 3.8) is 0 Å². The van der Waals surface area contributed by atoms with Crippen LogP contribution in [0.25, 0.3) is 32.7 Å². The van der Waals surface area contributed by atoms with Gasteiger partial charge in [0.1, 0.15) is 0 Å². The lowest BCUT2D eigenvalue weighted by atomic mass is 9.90. The molecule has 0 unspecified atom stereocenters. The Hall–Kier alpha value is -3.00. The van der Waals surface area contributed by atoms with Crippen molar-refractivity contribution in [2.75, 3.05) is 10.6 Å². The quantitative estimate of drug-likeness (QED) is 0.386. The predicted octanol–water partition coefficient (Wildman–Crippen LogP) is 7.30. The second-order valence-corrected chi connectivity index (χ2v) is 8.02. The van der Waals surface area contributed by atoms with Crippen LogP contribution < -0.4 is 10.6 Å². The molecule has 0 aliphatic carbocycles. The number of fused-ring (bicyclic) bond motifs is 2. The third-order valence-corrected chi connectivity index (χ3v) is 5.00. The van der Waals surface area contributed by atoms with Gasteiger partial charge in [0.25, 0.3) is 0 Å². The average molecular weight is 369 g/mol. The van der Waals surface area contributed by atoms with E-state index in [9.17, 15) is 0 Å². The van der Waals surface area contributed by atoms with Crippen molar-refractivity contribution in [2.24, 2.45) is 0 Å². The van der Waals surface area contributed by atoms with E-state index in [1.54, 1.807) is 0 Å². The van der Waals surface area contributed by atoms with Crippen molar-refractivity contribution in [2.45, 2.75) is 39.8 Å². The standard InChI is InChI=1S/C26H28N2/c1-17(2)27-23-15-13-19-9-5-7-11-21(19)25(23)26-22-12-8-6-10-20(22)14-16-24(26)28-18(3)4/h5-18,27-28H,1-4H3. The largest absolute Gasteiger partial charge is 0.382 e. The summed E-state index contributed by atoms with van der Waals surface area (Å²) in [6.45, 7) is 8.76. The first-order valence-electron chi connectivity index (χ1n) is 10.1. The summed E-state index contributed by atoms with van der Waals surface area (Å²) in [5.41, 5.74) is 4.90. The van der Waals surface area contributed by atoms with Crippen molar-refractivity contribution < 1.29 is 0 Å². The number of nitrogens with one attached hydrogen (secondary N) is 2. The second-order valence-electron chi connectivity index (χ2n) is 8.02. The summed E-state index contributed by atoms with van der Waals surface area (Å²) in [5.74, 6) is 0. The van der Waals surface area contributed by atoms with Gasteiger partial charge in [-0.15, -0.1) is 0 Å². The minimum Gasteiger partial charge on any atom is -0.382 e. The number of rotatable bonds is 5. The fraction of sp³-hybridized carbons (Fsp3) is 0.231. The van der Waals surface area contributed by atoms with E-state index < -0.39 is 0 Å². The highest BCUT2D eigenvalue weighted by atomic mass is 14.9. The summed E-state index contributed by atoms with van der Waals surface area (Å²) in [6, 6.07) is 26.9. The highest BCUT2D eigenvalue weighted by Crippen LogP contribution is 2.43. The lowest BCUT2D eigenvalue weighted by molar-refractivity contribution is 0.898.